The van der Waals surface area contributed by atoms with Crippen LogP contribution in [0.4, 0.5) is 18.9 Å². The highest BCUT2D eigenvalue weighted by Gasteiger charge is 2.18. The van der Waals surface area contributed by atoms with E-state index in [0.29, 0.717) is 6.07 Å². The molecule has 0 aliphatic heterocycles. The zero-order valence-electron chi connectivity index (χ0n) is 9.54. The second-order valence-corrected chi connectivity index (χ2v) is 3.41. The number of benzene rings is 1. The Labute approximate surface area is 105 Å². The smallest absolute Gasteiger partial charge is 0.294 e. The van der Waals surface area contributed by atoms with Gasteiger partial charge >= 0.3 is 0 Å². The standard InChI is InChI=1S/C11H7F3N2O3/c1-18-8-4-7(19-16-8)11(17)15-6-3-2-5(12)9(13)10(6)14/h2-4H,1H3,(H,15,17). The van der Waals surface area contributed by atoms with Crippen molar-refractivity contribution in [3.05, 3.63) is 41.4 Å². The molecule has 100 valence electrons. The molecule has 0 aliphatic rings. The average Bonchev–Trinajstić information content (AvgIpc) is 2.88. The molecule has 5 nitrogen and oxygen atoms in total. The van der Waals surface area contributed by atoms with E-state index in [1.54, 1.807) is 0 Å². The Balaban J connectivity index is 2.21. The minimum Gasteiger partial charge on any atom is -0.479 e. The van der Waals surface area contributed by atoms with Crippen LogP contribution in [0, 0.1) is 17.5 Å². The minimum absolute atomic E-state index is 0.0518. The number of ether oxygens (including phenoxy) is 1. The predicted molar refractivity (Wildman–Crippen MR) is 57.3 cm³/mol. The third-order valence-electron chi connectivity index (χ3n) is 2.20. The number of hydrogen-bond donors (Lipinski definition) is 1. The predicted octanol–water partition coefficient (Wildman–Crippen LogP) is 2.35. The number of hydrogen-bond acceptors (Lipinski definition) is 4. The van der Waals surface area contributed by atoms with Crippen LogP contribution in [0.15, 0.2) is 22.7 Å². The largest absolute Gasteiger partial charge is 0.479 e. The van der Waals surface area contributed by atoms with Crippen molar-refractivity contribution in [2.45, 2.75) is 0 Å². The van der Waals surface area contributed by atoms with Gasteiger partial charge in [0.05, 0.1) is 18.9 Å². The van der Waals surface area contributed by atoms with Crippen LogP contribution >= 0.6 is 0 Å². The first-order valence-electron chi connectivity index (χ1n) is 4.98. The number of halogens is 3. The molecule has 1 heterocycles. The summed E-state index contributed by atoms with van der Waals surface area (Å²) in [5.41, 5.74) is -0.515. The van der Waals surface area contributed by atoms with Crippen LogP contribution in [0.25, 0.3) is 0 Å². The molecule has 0 saturated carbocycles. The van der Waals surface area contributed by atoms with Crippen LogP contribution in [0.2, 0.25) is 0 Å². The number of anilines is 1. The van der Waals surface area contributed by atoms with Crippen molar-refractivity contribution < 1.29 is 27.2 Å². The summed E-state index contributed by atoms with van der Waals surface area (Å²) >= 11 is 0. The number of amides is 1. The summed E-state index contributed by atoms with van der Waals surface area (Å²) in [4.78, 5) is 11.6. The van der Waals surface area contributed by atoms with E-state index in [2.05, 4.69) is 14.4 Å². The molecule has 1 aromatic carbocycles. The molecule has 0 atom stereocenters. The topological polar surface area (TPSA) is 64.4 Å². The fourth-order valence-electron chi connectivity index (χ4n) is 1.27. The summed E-state index contributed by atoms with van der Waals surface area (Å²) in [7, 11) is 1.31. The molecule has 0 aliphatic carbocycles. The van der Waals surface area contributed by atoms with E-state index in [9.17, 15) is 18.0 Å². The summed E-state index contributed by atoms with van der Waals surface area (Å²) in [6.07, 6.45) is 0. The highest BCUT2D eigenvalue weighted by Crippen LogP contribution is 2.20. The van der Waals surface area contributed by atoms with Crippen molar-refractivity contribution in [2.75, 3.05) is 12.4 Å². The molecular formula is C11H7F3N2O3. The first-order valence-corrected chi connectivity index (χ1v) is 4.98. The Kier molecular flexibility index (Phi) is 3.41. The number of nitrogens with one attached hydrogen (secondary N) is 1. The van der Waals surface area contributed by atoms with Crippen LogP contribution < -0.4 is 10.1 Å². The van der Waals surface area contributed by atoms with Crippen LogP contribution in [0.1, 0.15) is 10.6 Å². The molecule has 1 amide bonds. The molecular weight excluding hydrogens is 265 g/mol. The van der Waals surface area contributed by atoms with Crippen LogP contribution in [-0.4, -0.2) is 18.2 Å². The molecule has 1 N–H and O–H groups in total. The monoisotopic (exact) mass is 272 g/mol. The first kappa shape index (κ1) is 12.9. The van der Waals surface area contributed by atoms with Gasteiger partial charge < -0.3 is 14.6 Å². The maximum atomic E-state index is 13.3. The van der Waals surface area contributed by atoms with E-state index < -0.39 is 29.0 Å². The van der Waals surface area contributed by atoms with Crippen molar-refractivity contribution in [1.82, 2.24) is 5.16 Å². The Morgan fingerprint density at radius 2 is 2.05 bits per heavy atom. The highest BCUT2D eigenvalue weighted by atomic mass is 19.2. The molecule has 0 bridgehead atoms. The minimum atomic E-state index is -1.67. The molecule has 2 rings (SSSR count). The van der Waals surface area contributed by atoms with Crippen LogP contribution in [0.5, 0.6) is 5.88 Å². The van der Waals surface area contributed by atoms with Gasteiger partial charge in [-0.15, -0.1) is 0 Å². The van der Waals surface area contributed by atoms with Crippen molar-refractivity contribution in [3.63, 3.8) is 0 Å². The van der Waals surface area contributed by atoms with Crippen LogP contribution in [0.3, 0.4) is 0 Å². The Hall–Kier alpha value is -2.51. The van der Waals surface area contributed by atoms with Gasteiger partial charge in [0.2, 0.25) is 5.76 Å². The highest BCUT2D eigenvalue weighted by molar-refractivity contribution is 6.02. The van der Waals surface area contributed by atoms with E-state index >= 15 is 0 Å². The quantitative estimate of drug-likeness (QED) is 0.871. The summed E-state index contributed by atoms with van der Waals surface area (Å²) in [5, 5.41) is 5.39. The van der Waals surface area contributed by atoms with Gasteiger partial charge in [-0.1, -0.05) is 0 Å². The molecule has 0 radical (unpaired) electrons. The lowest BCUT2D eigenvalue weighted by atomic mass is 10.2. The van der Waals surface area contributed by atoms with Crippen molar-refractivity contribution >= 4 is 11.6 Å². The maximum Gasteiger partial charge on any atom is 0.294 e. The number of rotatable bonds is 3. The maximum absolute atomic E-state index is 13.3. The summed E-state index contributed by atoms with van der Waals surface area (Å²) in [6, 6.07) is 2.74. The number of carbonyl (C=O) groups excluding carboxylic acids is 1. The molecule has 0 fully saturated rings. The van der Waals surface area contributed by atoms with E-state index in [4.69, 9.17) is 0 Å². The van der Waals surface area contributed by atoms with Gasteiger partial charge in [0, 0.05) is 0 Å². The Morgan fingerprint density at radius 3 is 2.68 bits per heavy atom. The second-order valence-electron chi connectivity index (χ2n) is 3.41. The number of aromatic nitrogens is 1. The molecule has 0 saturated heterocycles. The zero-order chi connectivity index (χ0) is 14.0. The molecule has 19 heavy (non-hydrogen) atoms. The summed E-state index contributed by atoms with van der Waals surface area (Å²) < 4.78 is 48.2. The van der Waals surface area contributed by atoms with Gasteiger partial charge in [0.25, 0.3) is 11.8 Å². The number of methoxy groups -OCH3 is 1. The molecule has 0 spiro atoms. The van der Waals surface area contributed by atoms with E-state index in [1.807, 2.05) is 5.32 Å². The zero-order valence-corrected chi connectivity index (χ0v) is 9.54. The van der Waals surface area contributed by atoms with Crippen molar-refractivity contribution in [2.24, 2.45) is 0 Å². The van der Waals surface area contributed by atoms with Gasteiger partial charge in [-0.2, -0.15) is 0 Å². The van der Waals surface area contributed by atoms with E-state index in [0.717, 1.165) is 12.1 Å². The number of nitrogens with zero attached hydrogens (tertiary/aromatic N) is 1. The molecule has 1 aromatic heterocycles. The van der Waals surface area contributed by atoms with Gasteiger partial charge in [-0.05, 0) is 17.3 Å². The fourth-order valence-corrected chi connectivity index (χ4v) is 1.27. The van der Waals surface area contributed by atoms with E-state index in [1.165, 1.54) is 7.11 Å². The van der Waals surface area contributed by atoms with Crippen molar-refractivity contribution in [1.29, 1.82) is 0 Å². The normalized spacial score (nSPS) is 10.3. The Morgan fingerprint density at radius 1 is 1.32 bits per heavy atom. The fraction of sp³-hybridized carbons (Fsp3) is 0.0909. The van der Waals surface area contributed by atoms with Gasteiger partial charge in [-0.25, -0.2) is 13.2 Å². The van der Waals surface area contributed by atoms with E-state index in [-0.39, 0.29) is 11.6 Å². The second kappa shape index (κ2) is 5.01. The third kappa shape index (κ3) is 2.51. The SMILES string of the molecule is COc1cc(C(=O)Nc2ccc(F)c(F)c2F)on1. The Bertz CT molecular complexity index is 628. The molecule has 8 heteroatoms. The van der Waals surface area contributed by atoms with Crippen LogP contribution in [-0.2, 0) is 0 Å². The summed E-state index contributed by atoms with van der Waals surface area (Å²) in [6.45, 7) is 0. The lowest BCUT2D eigenvalue weighted by Gasteiger charge is -2.05. The third-order valence-corrected chi connectivity index (χ3v) is 2.20. The number of carbonyl (C=O) groups is 1. The molecule has 2 aromatic rings. The lowest BCUT2D eigenvalue weighted by Crippen LogP contribution is -2.13. The lowest BCUT2D eigenvalue weighted by molar-refractivity contribution is 0.0987. The summed E-state index contributed by atoms with van der Waals surface area (Å²) in [5.74, 6) is -5.61. The average molecular weight is 272 g/mol. The van der Waals surface area contributed by atoms with Crippen molar-refractivity contribution in [3.8, 4) is 5.88 Å². The van der Waals surface area contributed by atoms with Gasteiger partial charge in [-0.3, -0.25) is 4.79 Å². The van der Waals surface area contributed by atoms with Gasteiger partial charge in [0.15, 0.2) is 17.5 Å². The molecule has 0 unspecified atom stereocenters. The van der Waals surface area contributed by atoms with Gasteiger partial charge in [0.1, 0.15) is 0 Å². The first-order chi connectivity index (χ1) is 9.02.